The van der Waals surface area contributed by atoms with Gasteiger partial charge in [-0.3, -0.25) is 19.4 Å². The van der Waals surface area contributed by atoms with E-state index in [1.807, 2.05) is 49.4 Å². The number of imide groups is 1. The van der Waals surface area contributed by atoms with E-state index in [0.717, 1.165) is 22.4 Å². The smallest absolute Gasteiger partial charge is 0.332 e. The quantitative estimate of drug-likeness (QED) is 0.773. The van der Waals surface area contributed by atoms with Crippen LogP contribution in [0.4, 0.5) is 10.5 Å². The minimum atomic E-state index is -0.620. The minimum Gasteiger partial charge on any atom is -0.336 e. The highest BCUT2D eigenvalue weighted by Crippen LogP contribution is 2.26. The Hall–Kier alpha value is -3.15. The Kier molecular flexibility index (Phi) is 4.63. The molecule has 2 heterocycles. The molecule has 0 radical (unpaired) electrons. The molecule has 144 valence electrons. The van der Waals surface area contributed by atoms with E-state index in [9.17, 15) is 14.4 Å². The number of carbonyl (C=O) groups is 3. The van der Waals surface area contributed by atoms with E-state index in [1.54, 1.807) is 11.8 Å². The highest BCUT2D eigenvalue weighted by molar-refractivity contribution is 6.15. The molecule has 2 aliphatic rings. The molecule has 0 saturated carbocycles. The molecule has 28 heavy (non-hydrogen) atoms. The molecule has 0 spiro atoms. The van der Waals surface area contributed by atoms with Crippen molar-refractivity contribution in [1.82, 2.24) is 9.80 Å². The molecular formula is C22H23N3O3. The molecule has 0 bridgehead atoms. The van der Waals surface area contributed by atoms with Crippen LogP contribution in [0.3, 0.4) is 0 Å². The van der Waals surface area contributed by atoms with Crippen LogP contribution in [0.25, 0.3) is 0 Å². The van der Waals surface area contributed by atoms with Gasteiger partial charge in [-0.15, -0.1) is 0 Å². The fourth-order valence-electron chi connectivity index (χ4n) is 3.85. The van der Waals surface area contributed by atoms with Gasteiger partial charge in [0.05, 0.1) is 0 Å². The average molecular weight is 377 g/mol. The first kappa shape index (κ1) is 18.2. The van der Waals surface area contributed by atoms with Gasteiger partial charge in [-0.1, -0.05) is 42.0 Å². The molecule has 0 aromatic heterocycles. The molecule has 0 N–H and O–H groups in total. The summed E-state index contributed by atoms with van der Waals surface area (Å²) < 4.78 is 0. The molecule has 6 nitrogen and oxygen atoms in total. The van der Waals surface area contributed by atoms with Crippen molar-refractivity contribution in [1.29, 1.82) is 0 Å². The third-order valence-electron chi connectivity index (χ3n) is 5.54. The van der Waals surface area contributed by atoms with Crippen molar-refractivity contribution in [3.63, 3.8) is 0 Å². The summed E-state index contributed by atoms with van der Waals surface area (Å²) in [5, 5.41) is 0. The molecule has 6 heteroatoms. The highest BCUT2D eigenvalue weighted by atomic mass is 16.2. The van der Waals surface area contributed by atoms with Gasteiger partial charge in [-0.05, 0) is 43.5 Å². The monoisotopic (exact) mass is 377 g/mol. The number of amides is 4. The average Bonchev–Trinajstić information content (AvgIpc) is 2.91. The van der Waals surface area contributed by atoms with Crippen LogP contribution in [0.15, 0.2) is 48.5 Å². The molecule has 4 rings (SSSR count). The molecule has 0 aliphatic carbocycles. The lowest BCUT2D eigenvalue weighted by atomic mass is 10.00. The Balaban J connectivity index is 1.49. The van der Waals surface area contributed by atoms with Crippen LogP contribution >= 0.6 is 0 Å². The van der Waals surface area contributed by atoms with Crippen LogP contribution in [-0.4, -0.2) is 46.8 Å². The zero-order valence-electron chi connectivity index (χ0n) is 16.1. The van der Waals surface area contributed by atoms with Gasteiger partial charge in [-0.25, -0.2) is 4.79 Å². The summed E-state index contributed by atoms with van der Waals surface area (Å²) in [7, 11) is 0. The van der Waals surface area contributed by atoms with Crippen molar-refractivity contribution in [2.45, 2.75) is 32.9 Å². The standard InChI is InChI=1S/C22H23N3O3/c1-15-7-9-19(10-8-15)25-16(2)21(27)24(22(25)28)14-20(26)23-12-11-17-5-3-4-6-18(17)13-23/h3-10,16H,11-14H2,1-2H3/t16-/m0/s1. The molecule has 2 aromatic rings. The van der Waals surface area contributed by atoms with Gasteiger partial charge in [0.15, 0.2) is 0 Å². The van der Waals surface area contributed by atoms with Crippen LogP contribution < -0.4 is 4.90 Å². The van der Waals surface area contributed by atoms with Gasteiger partial charge in [-0.2, -0.15) is 0 Å². The second-order valence-corrected chi connectivity index (χ2v) is 7.42. The van der Waals surface area contributed by atoms with Crippen LogP contribution in [0.2, 0.25) is 0 Å². The van der Waals surface area contributed by atoms with Crippen LogP contribution in [-0.2, 0) is 22.6 Å². The Morgan fingerprint density at radius 2 is 1.71 bits per heavy atom. The maximum absolute atomic E-state index is 12.9. The Morgan fingerprint density at radius 1 is 1.04 bits per heavy atom. The predicted octanol–water partition coefficient (Wildman–Crippen LogP) is 2.74. The Bertz CT molecular complexity index is 938. The van der Waals surface area contributed by atoms with E-state index in [0.29, 0.717) is 18.8 Å². The van der Waals surface area contributed by atoms with Gasteiger partial charge in [0, 0.05) is 18.8 Å². The third-order valence-corrected chi connectivity index (χ3v) is 5.54. The topological polar surface area (TPSA) is 60.9 Å². The molecular weight excluding hydrogens is 354 g/mol. The van der Waals surface area contributed by atoms with Crippen molar-refractivity contribution >= 4 is 23.5 Å². The summed E-state index contributed by atoms with van der Waals surface area (Å²) >= 11 is 0. The largest absolute Gasteiger partial charge is 0.336 e. The van der Waals surface area contributed by atoms with E-state index >= 15 is 0 Å². The normalized spacial score (nSPS) is 19.2. The summed E-state index contributed by atoms with van der Waals surface area (Å²) in [5.74, 6) is -0.537. The van der Waals surface area contributed by atoms with Gasteiger partial charge < -0.3 is 4.90 Å². The van der Waals surface area contributed by atoms with Gasteiger partial charge in [0.1, 0.15) is 12.6 Å². The maximum atomic E-state index is 12.9. The molecule has 1 atom stereocenters. The number of nitrogens with zero attached hydrogens (tertiary/aromatic N) is 3. The van der Waals surface area contributed by atoms with Gasteiger partial charge in [0.2, 0.25) is 5.91 Å². The van der Waals surface area contributed by atoms with Crippen LogP contribution in [0.1, 0.15) is 23.6 Å². The number of hydrogen-bond donors (Lipinski definition) is 0. The lowest BCUT2D eigenvalue weighted by Crippen LogP contribution is -2.45. The molecule has 2 aromatic carbocycles. The number of benzene rings is 2. The summed E-state index contributed by atoms with van der Waals surface area (Å²) in [6, 6.07) is 14.4. The van der Waals surface area contributed by atoms with Crippen molar-refractivity contribution in [2.24, 2.45) is 0 Å². The fraction of sp³-hybridized carbons (Fsp3) is 0.318. The number of urea groups is 1. The second kappa shape index (κ2) is 7.11. The Morgan fingerprint density at radius 3 is 2.43 bits per heavy atom. The van der Waals surface area contributed by atoms with E-state index in [1.165, 1.54) is 10.5 Å². The molecule has 4 amide bonds. The third kappa shape index (κ3) is 3.15. The first-order valence-electron chi connectivity index (χ1n) is 9.51. The molecule has 0 unspecified atom stereocenters. The molecule has 2 aliphatic heterocycles. The van der Waals surface area contributed by atoms with Crippen molar-refractivity contribution < 1.29 is 14.4 Å². The zero-order valence-corrected chi connectivity index (χ0v) is 16.1. The van der Waals surface area contributed by atoms with E-state index < -0.39 is 12.1 Å². The Labute approximate surface area is 164 Å². The number of fused-ring (bicyclic) bond motifs is 1. The minimum absolute atomic E-state index is 0.200. The first-order chi connectivity index (χ1) is 13.5. The summed E-state index contributed by atoms with van der Waals surface area (Å²) in [4.78, 5) is 42.6. The highest BCUT2D eigenvalue weighted by Gasteiger charge is 2.44. The van der Waals surface area contributed by atoms with Crippen LogP contribution in [0, 0.1) is 6.92 Å². The lowest BCUT2D eigenvalue weighted by molar-refractivity contribution is -0.137. The van der Waals surface area contributed by atoms with Crippen molar-refractivity contribution in [3.05, 3.63) is 65.2 Å². The van der Waals surface area contributed by atoms with E-state index in [4.69, 9.17) is 0 Å². The number of anilines is 1. The maximum Gasteiger partial charge on any atom is 0.332 e. The molecule has 1 saturated heterocycles. The molecule has 1 fully saturated rings. The number of carbonyl (C=O) groups excluding carboxylic acids is 3. The first-order valence-corrected chi connectivity index (χ1v) is 9.51. The SMILES string of the molecule is Cc1ccc(N2C(=O)N(CC(=O)N3CCc4ccccc4C3)C(=O)[C@@H]2C)cc1. The zero-order chi connectivity index (χ0) is 19.8. The second-order valence-electron chi connectivity index (χ2n) is 7.42. The summed E-state index contributed by atoms with van der Waals surface area (Å²) in [6.45, 7) is 4.56. The summed E-state index contributed by atoms with van der Waals surface area (Å²) in [6.07, 6.45) is 0.787. The predicted molar refractivity (Wildman–Crippen MR) is 106 cm³/mol. The van der Waals surface area contributed by atoms with Crippen molar-refractivity contribution in [2.75, 3.05) is 18.0 Å². The lowest BCUT2D eigenvalue weighted by Gasteiger charge is -2.30. The number of hydrogen-bond acceptors (Lipinski definition) is 3. The van der Waals surface area contributed by atoms with E-state index in [-0.39, 0.29) is 18.4 Å². The summed E-state index contributed by atoms with van der Waals surface area (Å²) in [5.41, 5.74) is 4.11. The van der Waals surface area contributed by atoms with Crippen molar-refractivity contribution in [3.8, 4) is 0 Å². The fourth-order valence-corrected chi connectivity index (χ4v) is 3.85. The van der Waals surface area contributed by atoms with Gasteiger partial charge >= 0.3 is 6.03 Å². The van der Waals surface area contributed by atoms with Crippen LogP contribution in [0.5, 0.6) is 0 Å². The van der Waals surface area contributed by atoms with E-state index in [2.05, 4.69) is 6.07 Å². The number of aryl methyl sites for hydroxylation is 1. The number of rotatable bonds is 3. The van der Waals surface area contributed by atoms with Gasteiger partial charge in [0.25, 0.3) is 5.91 Å².